The molecule has 1 saturated heterocycles. The van der Waals surface area contributed by atoms with E-state index in [1.807, 2.05) is 32.9 Å². The number of aliphatic imine (C=N–C) groups is 1. The second kappa shape index (κ2) is 10.8. The van der Waals surface area contributed by atoms with Crippen LogP contribution >= 0.6 is 35.6 Å². The van der Waals surface area contributed by atoms with E-state index in [-0.39, 0.29) is 30.0 Å². The van der Waals surface area contributed by atoms with E-state index in [1.165, 1.54) is 0 Å². The van der Waals surface area contributed by atoms with Gasteiger partial charge in [-0.15, -0.1) is 24.0 Å². The van der Waals surface area contributed by atoms with Crippen molar-refractivity contribution in [3.8, 4) is 0 Å². The minimum atomic E-state index is -3.29. The van der Waals surface area contributed by atoms with Crippen LogP contribution in [0.4, 0.5) is 5.82 Å². The van der Waals surface area contributed by atoms with E-state index in [4.69, 9.17) is 11.6 Å². The fraction of sp³-hybridized carbons (Fsp3) is 0.647. The van der Waals surface area contributed by atoms with E-state index in [0.29, 0.717) is 24.1 Å². The molecule has 1 aromatic rings. The van der Waals surface area contributed by atoms with Gasteiger partial charge < -0.3 is 15.5 Å². The molecule has 1 aliphatic heterocycles. The maximum Gasteiger partial charge on any atom is 0.209 e. The van der Waals surface area contributed by atoms with E-state index in [2.05, 4.69) is 30.2 Å². The van der Waals surface area contributed by atoms with Crippen LogP contribution in [0.5, 0.6) is 0 Å². The zero-order valence-corrected chi connectivity index (χ0v) is 20.6. The van der Waals surface area contributed by atoms with Gasteiger partial charge in [0.15, 0.2) is 5.96 Å². The Balaban J connectivity index is 0.00000392. The lowest BCUT2D eigenvalue weighted by Crippen LogP contribution is -2.48. The Morgan fingerprint density at radius 1 is 1.46 bits per heavy atom. The molecule has 1 aliphatic rings. The van der Waals surface area contributed by atoms with Gasteiger partial charge in [0.05, 0.1) is 17.8 Å². The summed E-state index contributed by atoms with van der Waals surface area (Å²) in [4.78, 5) is 11.1. The Labute approximate surface area is 190 Å². The third kappa shape index (κ3) is 8.26. The van der Waals surface area contributed by atoms with Crippen molar-refractivity contribution in [1.82, 2.24) is 20.3 Å². The molecule has 11 heteroatoms. The number of rotatable bonds is 7. The molecule has 2 rings (SSSR count). The quantitative estimate of drug-likeness (QED) is 0.275. The van der Waals surface area contributed by atoms with E-state index in [1.54, 1.807) is 6.20 Å². The van der Waals surface area contributed by atoms with E-state index in [9.17, 15) is 8.42 Å². The number of halogens is 2. The fourth-order valence-electron chi connectivity index (χ4n) is 3.00. The van der Waals surface area contributed by atoms with Crippen molar-refractivity contribution in [2.45, 2.75) is 38.8 Å². The molecular weight excluding hydrogens is 515 g/mol. The summed E-state index contributed by atoms with van der Waals surface area (Å²) in [6.45, 7) is 8.27. The highest BCUT2D eigenvalue weighted by Gasteiger charge is 2.26. The molecule has 1 unspecified atom stereocenters. The molecule has 0 bridgehead atoms. The number of aromatic nitrogens is 1. The van der Waals surface area contributed by atoms with Gasteiger partial charge in [-0.3, -0.25) is 4.99 Å². The predicted molar refractivity (Wildman–Crippen MR) is 126 cm³/mol. The molecule has 28 heavy (non-hydrogen) atoms. The topological polar surface area (TPSA) is 98.7 Å². The van der Waals surface area contributed by atoms with Crippen molar-refractivity contribution in [2.24, 2.45) is 4.99 Å². The van der Waals surface area contributed by atoms with Crippen molar-refractivity contribution in [2.75, 3.05) is 37.3 Å². The summed E-state index contributed by atoms with van der Waals surface area (Å²) in [5, 5.41) is 7.28. The van der Waals surface area contributed by atoms with Crippen molar-refractivity contribution >= 4 is 57.4 Å². The van der Waals surface area contributed by atoms with Gasteiger partial charge in [0.25, 0.3) is 0 Å². The minimum absolute atomic E-state index is 0. The van der Waals surface area contributed by atoms with Crippen LogP contribution < -0.4 is 20.3 Å². The van der Waals surface area contributed by atoms with Crippen molar-refractivity contribution in [3.63, 3.8) is 0 Å². The van der Waals surface area contributed by atoms with E-state index >= 15 is 0 Å². The van der Waals surface area contributed by atoms with Gasteiger partial charge in [0, 0.05) is 37.4 Å². The molecule has 8 nitrogen and oxygen atoms in total. The van der Waals surface area contributed by atoms with Gasteiger partial charge in [-0.1, -0.05) is 11.6 Å². The Bertz CT molecular complexity index is 775. The number of hydrogen-bond acceptors (Lipinski definition) is 5. The highest BCUT2D eigenvalue weighted by Crippen LogP contribution is 2.25. The summed E-state index contributed by atoms with van der Waals surface area (Å²) in [6.07, 6.45) is 3.82. The summed E-state index contributed by atoms with van der Waals surface area (Å²) >= 11 is 6.24. The number of guanidine groups is 1. The standard InChI is InChI=1S/C17H29ClN6O2S.HI/c1-5-19-16(21-12-17(2,3)23-27(4,25)26)22-13-8-10-24(11-13)15-14(18)7-6-9-20-15;/h6-7,9,13,23H,5,8,10-12H2,1-4H3,(H2,19,21,22);1H. The third-order valence-electron chi connectivity index (χ3n) is 4.01. The second-order valence-electron chi connectivity index (χ2n) is 7.34. The van der Waals surface area contributed by atoms with Crippen LogP contribution in [0.15, 0.2) is 23.3 Å². The first kappa shape index (κ1) is 25.2. The van der Waals surface area contributed by atoms with Gasteiger partial charge in [-0.05, 0) is 39.3 Å². The zero-order chi connectivity index (χ0) is 20.1. The summed E-state index contributed by atoms with van der Waals surface area (Å²) in [7, 11) is -3.29. The normalized spacial score (nSPS) is 18.0. The number of sulfonamides is 1. The molecule has 0 spiro atoms. The lowest BCUT2D eigenvalue weighted by Gasteiger charge is -2.24. The van der Waals surface area contributed by atoms with Gasteiger partial charge in [-0.2, -0.15) is 0 Å². The Morgan fingerprint density at radius 3 is 2.79 bits per heavy atom. The molecule has 2 heterocycles. The van der Waals surface area contributed by atoms with Crippen molar-refractivity contribution < 1.29 is 8.42 Å². The average molecular weight is 545 g/mol. The highest BCUT2D eigenvalue weighted by molar-refractivity contribution is 14.0. The fourth-order valence-corrected chi connectivity index (χ4v) is 4.31. The van der Waals surface area contributed by atoms with Crippen LogP contribution in [-0.4, -0.2) is 63.4 Å². The molecule has 0 saturated carbocycles. The number of pyridine rings is 1. The molecule has 0 aromatic carbocycles. The number of nitrogens with zero attached hydrogens (tertiary/aromatic N) is 3. The van der Waals surface area contributed by atoms with Crippen molar-refractivity contribution in [1.29, 1.82) is 0 Å². The summed E-state index contributed by atoms with van der Waals surface area (Å²) < 4.78 is 25.6. The van der Waals surface area contributed by atoms with E-state index in [0.717, 1.165) is 31.6 Å². The highest BCUT2D eigenvalue weighted by atomic mass is 127. The van der Waals surface area contributed by atoms with Crippen LogP contribution in [-0.2, 0) is 10.0 Å². The molecular formula is C17H30ClIN6O2S. The van der Waals surface area contributed by atoms with Gasteiger partial charge in [0.1, 0.15) is 5.82 Å². The monoisotopic (exact) mass is 544 g/mol. The lowest BCUT2D eigenvalue weighted by molar-refractivity contribution is 0.464. The summed E-state index contributed by atoms with van der Waals surface area (Å²) in [5.74, 6) is 1.46. The predicted octanol–water partition coefficient (Wildman–Crippen LogP) is 1.81. The SMILES string of the molecule is CCNC(=NCC(C)(C)NS(C)(=O)=O)NC1CCN(c2ncccc2Cl)C1.I. The molecule has 160 valence electrons. The van der Waals surface area contributed by atoms with Crippen molar-refractivity contribution in [3.05, 3.63) is 23.4 Å². The van der Waals surface area contributed by atoms with Crippen LogP contribution in [0.3, 0.4) is 0 Å². The molecule has 0 radical (unpaired) electrons. The van der Waals surface area contributed by atoms with E-state index < -0.39 is 15.6 Å². The molecule has 1 atom stereocenters. The molecule has 0 aliphatic carbocycles. The number of nitrogens with one attached hydrogen (secondary N) is 3. The van der Waals surface area contributed by atoms with Crippen LogP contribution in [0.2, 0.25) is 5.02 Å². The van der Waals surface area contributed by atoms with Crippen LogP contribution in [0.1, 0.15) is 27.2 Å². The number of anilines is 1. The van der Waals surface area contributed by atoms with Gasteiger partial charge in [-0.25, -0.2) is 18.1 Å². The first-order chi connectivity index (χ1) is 12.6. The molecule has 1 fully saturated rings. The third-order valence-corrected chi connectivity index (χ3v) is 5.22. The first-order valence-electron chi connectivity index (χ1n) is 8.99. The molecule has 3 N–H and O–H groups in total. The summed E-state index contributed by atoms with van der Waals surface area (Å²) in [6, 6.07) is 3.86. The molecule has 1 aromatic heterocycles. The smallest absolute Gasteiger partial charge is 0.209 e. The van der Waals surface area contributed by atoms with Gasteiger partial charge in [0.2, 0.25) is 10.0 Å². The second-order valence-corrected chi connectivity index (χ2v) is 9.49. The Hall–Kier alpha value is -0.850. The minimum Gasteiger partial charge on any atom is -0.357 e. The lowest BCUT2D eigenvalue weighted by atomic mass is 10.1. The van der Waals surface area contributed by atoms with Gasteiger partial charge >= 0.3 is 0 Å². The Kier molecular flexibility index (Phi) is 9.71. The number of hydrogen-bond donors (Lipinski definition) is 3. The zero-order valence-electron chi connectivity index (χ0n) is 16.7. The molecule has 0 amide bonds. The first-order valence-corrected chi connectivity index (χ1v) is 11.3. The average Bonchev–Trinajstić information content (AvgIpc) is 2.99. The maximum atomic E-state index is 11.5. The van der Waals surface area contributed by atoms with Crippen LogP contribution in [0, 0.1) is 0 Å². The maximum absolute atomic E-state index is 11.5. The van der Waals surface area contributed by atoms with Crippen LogP contribution in [0.25, 0.3) is 0 Å². The Morgan fingerprint density at radius 2 is 2.18 bits per heavy atom. The summed E-state index contributed by atoms with van der Waals surface area (Å²) in [5.41, 5.74) is -0.668. The largest absolute Gasteiger partial charge is 0.357 e.